The van der Waals surface area contributed by atoms with E-state index in [1.807, 2.05) is 0 Å². The number of aromatic nitrogens is 4. The molecular weight excluding hydrogens is 403 g/mol. The molecule has 0 unspecified atom stereocenters. The minimum atomic E-state index is -1.68. The minimum Gasteiger partial charge on any atom is -0.394 e. The third kappa shape index (κ3) is 4.13. The van der Waals surface area contributed by atoms with Gasteiger partial charge in [0.1, 0.15) is 18.0 Å². The number of alkyl halides is 1. The number of nitrogens with one attached hydrogen (secondary N) is 1. The summed E-state index contributed by atoms with van der Waals surface area (Å²) in [5.41, 5.74) is 1.06. The Kier molecular flexibility index (Phi) is 6.05. The summed E-state index contributed by atoms with van der Waals surface area (Å²) in [6, 6.07) is 0.350. The lowest BCUT2D eigenvalue weighted by Crippen LogP contribution is -2.30. The van der Waals surface area contributed by atoms with Crippen molar-refractivity contribution in [2.45, 2.75) is 82.1 Å². The van der Waals surface area contributed by atoms with Crippen molar-refractivity contribution in [3.8, 4) is 0 Å². The first-order valence-electron chi connectivity index (χ1n) is 11.4. The molecule has 2 aromatic rings. The van der Waals surface area contributed by atoms with E-state index in [1.54, 1.807) is 0 Å². The molecule has 3 N–H and O–H groups in total. The number of aliphatic hydroxyl groups is 2. The van der Waals surface area contributed by atoms with Gasteiger partial charge in [0.05, 0.1) is 19.5 Å². The Morgan fingerprint density at radius 3 is 2.61 bits per heavy atom. The number of anilines is 1. The smallest absolute Gasteiger partial charge is 0.173 e. The largest absolute Gasteiger partial charge is 0.394 e. The number of rotatable bonds is 6. The Morgan fingerprint density at radius 1 is 1.13 bits per heavy atom. The summed E-state index contributed by atoms with van der Waals surface area (Å²) >= 11 is 0. The number of likely N-dealkylation sites (tertiary alicyclic amines) is 1. The van der Waals surface area contributed by atoms with E-state index < -0.39 is 31.2 Å². The number of fused-ring (bicyclic) bond motifs is 1. The van der Waals surface area contributed by atoms with Crippen molar-refractivity contribution in [3.63, 3.8) is 0 Å². The van der Waals surface area contributed by atoms with Crippen LogP contribution in [0.5, 0.6) is 0 Å². The number of hydrogen-bond acceptors (Lipinski definition) is 8. The molecule has 3 fully saturated rings. The molecule has 4 atom stereocenters. The molecule has 2 aliphatic heterocycles. The van der Waals surface area contributed by atoms with Crippen LogP contribution in [-0.4, -0.2) is 78.7 Å². The fourth-order valence-corrected chi connectivity index (χ4v) is 4.98. The molecule has 5 rings (SSSR count). The van der Waals surface area contributed by atoms with Crippen LogP contribution in [0.25, 0.3) is 11.2 Å². The van der Waals surface area contributed by atoms with E-state index in [4.69, 9.17) is 14.7 Å². The molecule has 2 aromatic heterocycles. The fraction of sp³-hybridized carbons (Fsp3) is 0.762. The van der Waals surface area contributed by atoms with Crippen molar-refractivity contribution in [1.82, 2.24) is 24.4 Å². The Labute approximate surface area is 180 Å². The van der Waals surface area contributed by atoms with Gasteiger partial charge >= 0.3 is 0 Å². The first kappa shape index (κ1) is 21.0. The summed E-state index contributed by atoms with van der Waals surface area (Å²) in [5, 5.41) is 23.0. The van der Waals surface area contributed by atoms with Crippen molar-refractivity contribution in [2.24, 2.45) is 0 Å². The molecule has 4 heterocycles. The van der Waals surface area contributed by atoms with Crippen LogP contribution in [0, 0.1) is 0 Å². The van der Waals surface area contributed by atoms with Gasteiger partial charge in [0.15, 0.2) is 29.4 Å². The average Bonchev–Trinajstić information content (AvgIpc) is 3.50. The van der Waals surface area contributed by atoms with E-state index in [-0.39, 0.29) is 0 Å². The highest BCUT2D eigenvalue weighted by Gasteiger charge is 2.45. The topological polar surface area (TPSA) is 109 Å². The third-order valence-corrected chi connectivity index (χ3v) is 6.73. The molecule has 170 valence electrons. The molecule has 10 heteroatoms. The Morgan fingerprint density at radius 2 is 1.90 bits per heavy atom. The lowest BCUT2D eigenvalue weighted by Gasteiger charge is -2.26. The Hall–Kier alpha value is -1.88. The predicted octanol–water partition coefficient (Wildman–Crippen LogP) is 1.76. The standard InChI is InChI=1S/C21H31FN6O3/c22-16-18(30)14(11-29)31-21(16)28-12-23-17-19(24-13-6-2-3-7-13)25-15(26-20(17)28)10-27-8-4-1-5-9-27/h12-14,16,18,21,29-30H,1-11H2,(H,24,25,26)/t14-,16+,18-,21-/m1/s1. The lowest BCUT2D eigenvalue weighted by atomic mass is 10.1. The summed E-state index contributed by atoms with van der Waals surface area (Å²) in [6.07, 6.45) is 4.54. The van der Waals surface area contributed by atoms with Crippen molar-refractivity contribution in [2.75, 3.05) is 25.0 Å². The first-order chi connectivity index (χ1) is 15.1. The molecule has 31 heavy (non-hydrogen) atoms. The number of piperidine rings is 1. The normalized spacial score (nSPS) is 30.4. The quantitative estimate of drug-likeness (QED) is 0.631. The second-order valence-electron chi connectivity index (χ2n) is 8.96. The Bertz CT molecular complexity index is 899. The highest BCUT2D eigenvalue weighted by atomic mass is 19.1. The summed E-state index contributed by atoms with van der Waals surface area (Å²) in [5.74, 6) is 1.35. The van der Waals surface area contributed by atoms with E-state index >= 15 is 0 Å². The first-order valence-corrected chi connectivity index (χ1v) is 11.4. The number of nitrogens with zero attached hydrogens (tertiary/aromatic N) is 5. The van der Waals surface area contributed by atoms with E-state index in [0.717, 1.165) is 25.9 Å². The molecule has 2 saturated heterocycles. The highest BCUT2D eigenvalue weighted by Crippen LogP contribution is 2.35. The summed E-state index contributed by atoms with van der Waals surface area (Å²) in [6.45, 7) is 2.23. The molecule has 0 bridgehead atoms. The second-order valence-corrected chi connectivity index (χ2v) is 8.96. The maximum atomic E-state index is 14.8. The zero-order valence-corrected chi connectivity index (χ0v) is 17.7. The van der Waals surface area contributed by atoms with Crippen molar-refractivity contribution < 1.29 is 19.3 Å². The van der Waals surface area contributed by atoms with Crippen LogP contribution in [0.4, 0.5) is 10.2 Å². The number of hydrogen-bond donors (Lipinski definition) is 3. The van der Waals surface area contributed by atoms with Gasteiger partial charge in [0.2, 0.25) is 0 Å². The highest BCUT2D eigenvalue weighted by molar-refractivity contribution is 5.83. The van der Waals surface area contributed by atoms with Crippen LogP contribution in [-0.2, 0) is 11.3 Å². The molecule has 0 spiro atoms. The maximum absolute atomic E-state index is 14.8. The van der Waals surface area contributed by atoms with Gasteiger partial charge in [-0.1, -0.05) is 19.3 Å². The van der Waals surface area contributed by atoms with Crippen LogP contribution in [0.3, 0.4) is 0 Å². The van der Waals surface area contributed by atoms with Crippen LogP contribution in [0.2, 0.25) is 0 Å². The fourth-order valence-electron chi connectivity index (χ4n) is 4.98. The van der Waals surface area contributed by atoms with Crippen LogP contribution in [0.15, 0.2) is 6.33 Å². The summed E-state index contributed by atoms with van der Waals surface area (Å²) in [4.78, 5) is 16.4. The number of ether oxygens (including phenoxy) is 1. The van der Waals surface area contributed by atoms with Crippen LogP contribution in [0.1, 0.15) is 57.0 Å². The Balaban J connectivity index is 1.50. The van der Waals surface area contributed by atoms with E-state index in [2.05, 4.69) is 15.2 Å². The number of halogens is 1. The van der Waals surface area contributed by atoms with Gasteiger partial charge in [-0.15, -0.1) is 0 Å². The lowest BCUT2D eigenvalue weighted by molar-refractivity contribution is -0.0459. The summed E-state index contributed by atoms with van der Waals surface area (Å²) in [7, 11) is 0. The van der Waals surface area contributed by atoms with Crippen LogP contribution >= 0.6 is 0 Å². The summed E-state index contributed by atoms with van der Waals surface area (Å²) < 4.78 is 21.9. The monoisotopic (exact) mass is 434 g/mol. The predicted molar refractivity (Wildman–Crippen MR) is 112 cm³/mol. The number of aliphatic hydroxyl groups excluding tert-OH is 2. The van der Waals surface area contributed by atoms with Gasteiger partial charge in [-0.3, -0.25) is 9.47 Å². The minimum absolute atomic E-state index is 0.350. The van der Waals surface area contributed by atoms with Crippen molar-refractivity contribution in [3.05, 3.63) is 12.2 Å². The van der Waals surface area contributed by atoms with E-state index in [0.29, 0.717) is 35.4 Å². The second kappa shape index (κ2) is 8.93. The van der Waals surface area contributed by atoms with E-state index in [9.17, 15) is 14.6 Å². The molecule has 0 aromatic carbocycles. The third-order valence-electron chi connectivity index (χ3n) is 6.73. The SMILES string of the molecule is OC[C@H]1O[C@@H](n2cnc3c(NC4CCCC4)nc(CN4CCCCC4)nc32)[C@@H](F)[C@@H]1O. The zero-order valence-electron chi connectivity index (χ0n) is 17.7. The van der Waals surface area contributed by atoms with Crippen molar-refractivity contribution >= 4 is 17.0 Å². The molecule has 1 saturated carbocycles. The van der Waals surface area contributed by atoms with Crippen molar-refractivity contribution in [1.29, 1.82) is 0 Å². The molecule has 3 aliphatic rings. The van der Waals surface area contributed by atoms with Gasteiger partial charge in [-0.2, -0.15) is 0 Å². The van der Waals surface area contributed by atoms with Gasteiger partial charge < -0.3 is 20.3 Å². The van der Waals surface area contributed by atoms with Gasteiger partial charge in [0, 0.05) is 6.04 Å². The number of imidazole rings is 1. The molecular formula is C21H31FN6O3. The van der Waals surface area contributed by atoms with Gasteiger partial charge in [0.25, 0.3) is 0 Å². The van der Waals surface area contributed by atoms with Gasteiger partial charge in [-0.25, -0.2) is 19.3 Å². The molecule has 1 aliphatic carbocycles. The maximum Gasteiger partial charge on any atom is 0.173 e. The van der Waals surface area contributed by atoms with Crippen LogP contribution < -0.4 is 5.32 Å². The molecule has 0 amide bonds. The van der Waals surface area contributed by atoms with Gasteiger partial charge in [-0.05, 0) is 38.8 Å². The molecule has 0 radical (unpaired) electrons. The molecule has 9 nitrogen and oxygen atoms in total. The van der Waals surface area contributed by atoms with E-state index in [1.165, 1.54) is 43.0 Å². The average molecular weight is 435 g/mol. The zero-order chi connectivity index (χ0) is 21.4.